The molecule has 4 heteroatoms. The van der Waals surface area contributed by atoms with E-state index in [1.807, 2.05) is 10.7 Å². The van der Waals surface area contributed by atoms with Gasteiger partial charge in [-0.3, -0.25) is 4.68 Å². The average Bonchev–Trinajstić information content (AvgIpc) is 2.95. The highest BCUT2D eigenvalue weighted by atomic mass is 15.3. The second-order valence-corrected chi connectivity index (χ2v) is 5.27. The maximum atomic E-state index is 5.69. The molecule has 4 nitrogen and oxygen atoms in total. The van der Waals surface area contributed by atoms with E-state index in [0.29, 0.717) is 12.6 Å². The molecule has 1 aromatic carbocycles. The molecule has 0 amide bonds. The number of nitrogens with two attached hydrogens (primary N) is 1. The number of hydrogen-bond acceptors (Lipinski definition) is 3. The van der Waals surface area contributed by atoms with Crippen LogP contribution in [0.1, 0.15) is 37.6 Å². The zero-order valence-corrected chi connectivity index (χ0v) is 12.6. The smallest absolute Gasteiger partial charge is 0.0817 e. The summed E-state index contributed by atoms with van der Waals surface area (Å²) in [5.74, 6) is 0. The van der Waals surface area contributed by atoms with Crippen LogP contribution >= 0.6 is 0 Å². The van der Waals surface area contributed by atoms with Crippen LogP contribution in [0.4, 0.5) is 5.69 Å². The van der Waals surface area contributed by atoms with E-state index >= 15 is 0 Å². The Hall–Kier alpha value is -1.81. The van der Waals surface area contributed by atoms with Gasteiger partial charge in [0.05, 0.1) is 12.2 Å². The number of anilines is 1. The molecule has 2 N–H and O–H groups in total. The fourth-order valence-electron chi connectivity index (χ4n) is 2.15. The van der Waals surface area contributed by atoms with Crippen LogP contribution < -0.4 is 10.6 Å². The summed E-state index contributed by atoms with van der Waals surface area (Å²) >= 11 is 0. The quantitative estimate of drug-likeness (QED) is 0.879. The van der Waals surface area contributed by atoms with Crippen LogP contribution in [0.2, 0.25) is 0 Å². The van der Waals surface area contributed by atoms with E-state index in [4.69, 9.17) is 5.73 Å². The molecule has 0 aliphatic carbocycles. The lowest BCUT2D eigenvalue weighted by molar-refractivity contribution is 0.473. The molecular formula is C16H24N4. The van der Waals surface area contributed by atoms with Crippen molar-refractivity contribution in [2.75, 3.05) is 11.9 Å². The van der Waals surface area contributed by atoms with E-state index in [1.54, 1.807) is 0 Å². The summed E-state index contributed by atoms with van der Waals surface area (Å²) in [6.07, 6.45) is 3.16. The van der Waals surface area contributed by atoms with Crippen LogP contribution in [0.25, 0.3) is 0 Å². The Morgan fingerprint density at radius 3 is 2.85 bits per heavy atom. The van der Waals surface area contributed by atoms with Gasteiger partial charge >= 0.3 is 0 Å². The van der Waals surface area contributed by atoms with Gasteiger partial charge in [-0.1, -0.05) is 19.1 Å². The maximum Gasteiger partial charge on any atom is 0.0817 e. The minimum absolute atomic E-state index is 0.453. The molecule has 2 aromatic rings. The minimum atomic E-state index is 0.453. The fraction of sp³-hybridized carbons (Fsp3) is 0.438. The molecule has 0 fully saturated rings. The van der Waals surface area contributed by atoms with Crippen LogP contribution in [0.5, 0.6) is 0 Å². The average molecular weight is 272 g/mol. The highest BCUT2D eigenvalue weighted by molar-refractivity contribution is 5.48. The summed E-state index contributed by atoms with van der Waals surface area (Å²) in [7, 11) is 2.08. The first-order chi connectivity index (χ1) is 9.63. The summed E-state index contributed by atoms with van der Waals surface area (Å²) in [6.45, 7) is 5.74. The molecule has 0 aliphatic heterocycles. The van der Waals surface area contributed by atoms with Crippen molar-refractivity contribution in [3.8, 4) is 0 Å². The number of hydrogen-bond donors (Lipinski definition) is 1. The molecular weight excluding hydrogens is 248 g/mol. The standard InChI is InChI=1S/C16H24N4/c1-4-13(2)20-9-8-15(18-20)12-19(3)16-7-5-6-14(10-16)11-17/h5-10,13H,4,11-12,17H2,1-3H3. The lowest BCUT2D eigenvalue weighted by Crippen LogP contribution is -2.17. The molecule has 0 saturated heterocycles. The van der Waals surface area contributed by atoms with E-state index in [-0.39, 0.29) is 0 Å². The van der Waals surface area contributed by atoms with E-state index in [1.165, 1.54) is 5.69 Å². The van der Waals surface area contributed by atoms with Crippen LogP contribution in [0.15, 0.2) is 36.5 Å². The SMILES string of the molecule is CCC(C)n1ccc(CN(C)c2cccc(CN)c2)n1. The van der Waals surface area contributed by atoms with E-state index < -0.39 is 0 Å². The molecule has 2 rings (SSSR count). The first-order valence-corrected chi connectivity index (χ1v) is 7.18. The summed E-state index contributed by atoms with van der Waals surface area (Å²) in [6, 6.07) is 10.9. The number of aromatic nitrogens is 2. The second-order valence-electron chi connectivity index (χ2n) is 5.27. The van der Waals surface area contributed by atoms with Crippen molar-refractivity contribution in [2.45, 2.75) is 39.4 Å². The summed E-state index contributed by atoms with van der Waals surface area (Å²) in [5.41, 5.74) is 9.10. The molecule has 0 radical (unpaired) electrons. The van der Waals surface area contributed by atoms with Gasteiger partial charge < -0.3 is 10.6 Å². The van der Waals surface area contributed by atoms with E-state index in [0.717, 1.165) is 24.2 Å². The normalized spacial score (nSPS) is 12.4. The van der Waals surface area contributed by atoms with Crippen molar-refractivity contribution in [1.82, 2.24) is 9.78 Å². The third kappa shape index (κ3) is 3.39. The minimum Gasteiger partial charge on any atom is -0.369 e. The van der Waals surface area contributed by atoms with Crippen molar-refractivity contribution in [3.63, 3.8) is 0 Å². The zero-order valence-electron chi connectivity index (χ0n) is 12.6. The first kappa shape index (κ1) is 14.6. The summed E-state index contributed by atoms with van der Waals surface area (Å²) < 4.78 is 2.04. The van der Waals surface area contributed by atoms with Gasteiger partial charge in [0.1, 0.15) is 0 Å². The molecule has 0 aliphatic rings. The summed E-state index contributed by atoms with van der Waals surface area (Å²) in [4.78, 5) is 2.20. The highest BCUT2D eigenvalue weighted by Crippen LogP contribution is 2.17. The first-order valence-electron chi connectivity index (χ1n) is 7.18. The molecule has 1 atom stereocenters. The van der Waals surface area contributed by atoms with Gasteiger partial charge in [-0.05, 0) is 37.1 Å². The largest absolute Gasteiger partial charge is 0.369 e. The van der Waals surface area contributed by atoms with Crippen molar-refractivity contribution in [3.05, 3.63) is 47.8 Å². The maximum absolute atomic E-state index is 5.69. The van der Waals surface area contributed by atoms with Gasteiger partial charge in [0.25, 0.3) is 0 Å². The highest BCUT2D eigenvalue weighted by Gasteiger charge is 2.08. The third-order valence-corrected chi connectivity index (χ3v) is 3.69. The van der Waals surface area contributed by atoms with Crippen LogP contribution in [0.3, 0.4) is 0 Å². The molecule has 0 bridgehead atoms. The predicted molar refractivity (Wildman–Crippen MR) is 83.7 cm³/mol. The third-order valence-electron chi connectivity index (χ3n) is 3.69. The van der Waals surface area contributed by atoms with Crippen molar-refractivity contribution in [1.29, 1.82) is 0 Å². The zero-order chi connectivity index (χ0) is 14.5. The number of benzene rings is 1. The molecule has 20 heavy (non-hydrogen) atoms. The van der Waals surface area contributed by atoms with Gasteiger partial charge in [0, 0.05) is 31.5 Å². The van der Waals surface area contributed by atoms with Gasteiger partial charge in [0.15, 0.2) is 0 Å². The van der Waals surface area contributed by atoms with Gasteiger partial charge in [-0.15, -0.1) is 0 Å². The van der Waals surface area contributed by atoms with Crippen molar-refractivity contribution >= 4 is 5.69 Å². The number of nitrogens with zero attached hydrogens (tertiary/aromatic N) is 3. The summed E-state index contributed by atoms with van der Waals surface area (Å²) in [5, 5.41) is 4.64. The van der Waals surface area contributed by atoms with Gasteiger partial charge in [-0.25, -0.2) is 0 Å². The molecule has 0 spiro atoms. The van der Waals surface area contributed by atoms with Crippen LogP contribution in [0, 0.1) is 0 Å². The monoisotopic (exact) mass is 272 g/mol. The van der Waals surface area contributed by atoms with Crippen molar-refractivity contribution < 1.29 is 0 Å². The Morgan fingerprint density at radius 2 is 2.15 bits per heavy atom. The topological polar surface area (TPSA) is 47.1 Å². The van der Waals surface area contributed by atoms with E-state index in [2.05, 4.69) is 61.4 Å². The fourth-order valence-corrected chi connectivity index (χ4v) is 2.15. The molecule has 1 unspecified atom stereocenters. The Bertz CT molecular complexity index is 547. The Morgan fingerprint density at radius 1 is 1.35 bits per heavy atom. The molecule has 108 valence electrons. The van der Waals surface area contributed by atoms with Crippen LogP contribution in [-0.4, -0.2) is 16.8 Å². The van der Waals surface area contributed by atoms with Crippen LogP contribution in [-0.2, 0) is 13.1 Å². The molecule has 1 aromatic heterocycles. The Balaban J connectivity index is 2.07. The molecule has 1 heterocycles. The van der Waals surface area contributed by atoms with Crippen molar-refractivity contribution in [2.24, 2.45) is 5.73 Å². The Kier molecular flexibility index (Phi) is 4.79. The predicted octanol–water partition coefficient (Wildman–Crippen LogP) is 2.95. The second kappa shape index (κ2) is 6.57. The molecule has 0 saturated carbocycles. The number of rotatable bonds is 6. The lowest BCUT2D eigenvalue weighted by Gasteiger charge is -2.19. The van der Waals surface area contributed by atoms with Gasteiger partial charge in [-0.2, -0.15) is 5.10 Å². The van der Waals surface area contributed by atoms with Gasteiger partial charge in [0.2, 0.25) is 0 Å². The van der Waals surface area contributed by atoms with E-state index in [9.17, 15) is 0 Å². The lowest BCUT2D eigenvalue weighted by atomic mass is 10.2. The Labute approximate surface area is 121 Å².